The van der Waals surface area contributed by atoms with Crippen LogP contribution in [-0.4, -0.2) is 23.5 Å². The van der Waals surface area contributed by atoms with Crippen LogP contribution in [0, 0.1) is 0 Å². The predicted molar refractivity (Wildman–Crippen MR) is 70.5 cm³/mol. The second-order valence-corrected chi connectivity index (χ2v) is 5.02. The van der Waals surface area contributed by atoms with Crippen molar-refractivity contribution in [1.82, 2.24) is 4.98 Å². The highest BCUT2D eigenvalue weighted by atomic mass is 79.9. The van der Waals surface area contributed by atoms with E-state index in [1.54, 1.807) is 12.4 Å². The second kappa shape index (κ2) is 4.91. The van der Waals surface area contributed by atoms with Crippen molar-refractivity contribution in [3.05, 3.63) is 16.9 Å². The highest BCUT2D eigenvalue weighted by molar-refractivity contribution is 9.10. The third kappa shape index (κ3) is 2.36. The summed E-state index contributed by atoms with van der Waals surface area (Å²) in [5, 5.41) is 0. The van der Waals surface area contributed by atoms with Crippen LogP contribution in [0.3, 0.4) is 0 Å². The molecule has 1 amide bonds. The van der Waals surface area contributed by atoms with Crippen LogP contribution < -0.4 is 16.4 Å². The van der Waals surface area contributed by atoms with Crippen molar-refractivity contribution in [2.45, 2.75) is 25.3 Å². The molecule has 2 rings (SSSR count). The Balaban J connectivity index is 2.39. The van der Waals surface area contributed by atoms with Gasteiger partial charge in [0.05, 0.1) is 22.0 Å². The van der Waals surface area contributed by atoms with Crippen molar-refractivity contribution in [2.75, 3.05) is 17.2 Å². The van der Waals surface area contributed by atoms with Crippen LogP contribution in [-0.2, 0) is 4.79 Å². The Morgan fingerprint density at radius 2 is 2.24 bits per heavy atom. The van der Waals surface area contributed by atoms with Gasteiger partial charge in [-0.1, -0.05) is 0 Å². The fraction of sp³-hybridized carbons (Fsp3) is 0.455. The Hall–Kier alpha value is -1.30. The van der Waals surface area contributed by atoms with Gasteiger partial charge >= 0.3 is 0 Å². The van der Waals surface area contributed by atoms with Crippen molar-refractivity contribution in [1.29, 1.82) is 0 Å². The molecular formula is C11H15BrN4O. The number of aromatic nitrogens is 1. The standard InChI is InChI=1S/C11H15BrN4O/c12-7-5-15-6-8(13)10(7)16-4-2-1-3-9(16)11(14)17/h5-6,9H,1-4,13H2,(H2,14,17). The molecule has 0 aromatic carbocycles. The van der Waals surface area contributed by atoms with Gasteiger partial charge in [0.15, 0.2) is 0 Å². The Bertz CT molecular complexity index is 417. The number of amides is 1. The predicted octanol–water partition coefficient (Wildman–Crippen LogP) is 1.27. The van der Waals surface area contributed by atoms with Crippen LogP contribution in [0.4, 0.5) is 11.4 Å². The summed E-state index contributed by atoms with van der Waals surface area (Å²) in [6.45, 7) is 0.792. The van der Waals surface area contributed by atoms with Crippen molar-refractivity contribution < 1.29 is 4.79 Å². The van der Waals surface area contributed by atoms with Crippen LogP contribution in [0.5, 0.6) is 0 Å². The maximum atomic E-state index is 11.5. The number of primary amides is 1. The molecule has 5 nitrogen and oxygen atoms in total. The van der Waals surface area contributed by atoms with Gasteiger partial charge in [0.2, 0.25) is 5.91 Å². The number of nitrogen functional groups attached to an aromatic ring is 1. The zero-order valence-corrected chi connectivity index (χ0v) is 11.0. The summed E-state index contributed by atoms with van der Waals surface area (Å²) >= 11 is 3.42. The Morgan fingerprint density at radius 3 is 2.88 bits per heavy atom. The summed E-state index contributed by atoms with van der Waals surface area (Å²) < 4.78 is 0.797. The molecule has 0 spiro atoms. The molecule has 1 aromatic heterocycles. The number of halogens is 1. The summed E-state index contributed by atoms with van der Waals surface area (Å²) in [6, 6.07) is -0.273. The minimum atomic E-state index is -0.298. The summed E-state index contributed by atoms with van der Waals surface area (Å²) in [6.07, 6.45) is 6.11. The smallest absolute Gasteiger partial charge is 0.240 e. The Kier molecular flexibility index (Phi) is 3.51. The SMILES string of the molecule is NC(=O)C1CCCCN1c1c(N)cncc1Br. The zero-order valence-electron chi connectivity index (χ0n) is 9.40. The fourth-order valence-electron chi connectivity index (χ4n) is 2.24. The van der Waals surface area contributed by atoms with E-state index in [-0.39, 0.29) is 11.9 Å². The number of nitrogens with two attached hydrogens (primary N) is 2. The van der Waals surface area contributed by atoms with Crippen LogP contribution in [0.2, 0.25) is 0 Å². The van der Waals surface area contributed by atoms with Crippen LogP contribution in [0.25, 0.3) is 0 Å². The maximum Gasteiger partial charge on any atom is 0.240 e. The molecule has 0 radical (unpaired) electrons. The first-order valence-corrected chi connectivity index (χ1v) is 6.35. The normalized spacial score (nSPS) is 20.3. The minimum absolute atomic E-state index is 0.273. The molecular weight excluding hydrogens is 284 g/mol. The number of pyridine rings is 1. The summed E-state index contributed by atoms with van der Waals surface area (Å²) in [4.78, 5) is 17.4. The molecule has 1 aliphatic heterocycles. The average molecular weight is 299 g/mol. The first-order chi connectivity index (χ1) is 8.11. The molecule has 6 heteroatoms. The molecule has 1 aliphatic rings. The Labute approximate surface area is 108 Å². The van der Waals surface area contributed by atoms with Gasteiger partial charge in [-0.15, -0.1) is 0 Å². The molecule has 1 unspecified atom stereocenters. The van der Waals surface area contributed by atoms with Gasteiger partial charge in [-0.05, 0) is 35.2 Å². The van der Waals surface area contributed by atoms with Crippen LogP contribution in [0.15, 0.2) is 16.9 Å². The second-order valence-electron chi connectivity index (χ2n) is 4.17. The largest absolute Gasteiger partial charge is 0.396 e. The lowest BCUT2D eigenvalue weighted by Crippen LogP contribution is -2.48. The molecule has 1 saturated heterocycles. The van der Waals surface area contributed by atoms with E-state index in [9.17, 15) is 4.79 Å². The van der Waals surface area contributed by atoms with E-state index in [0.29, 0.717) is 5.69 Å². The van der Waals surface area contributed by atoms with Gasteiger partial charge in [-0.3, -0.25) is 9.78 Å². The molecule has 0 saturated carbocycles. The molecule has 0 bridgehead atoms. The third-order valence-electron chi connectivity index (χ3n) is 3.02. The van der Waals surface area contributed by atoms with Gasteiger partial charge in [-0.25, -0.2) is 0 Å². The highest BCUT2D eigenvalue weighted by Gasteiger charge is 2.29. The first kappa shape index (κ1) is 12.2. The third-order valence-corrected chi connectivity index (χ3v) is 3.60. The van der Waals surface area contributed by atoms with Gasteiger partial charge in [0.1, 0.15) is 6.04 Å². The number of piperidine rings is 1. The average Bonchev–Trinajstić information content (AvgIpc) is 2.29. The lowest BCUT2D eigenvalue weighted by molar-refractivity contribution is -0.119. The zero-order chi connectivity index (χ0) is 12.4. The van der Waals surface area contributed by atoms with Gasteiger partial charge in [-0.2, -0.15) is 0 Å². The maximum absolute atomic E-state index is 11.5. The van der Waals surface area contributed by atoms with E-state index < -0.39 is 0 Å². The quantitative estimate of drug-likeness (QED) is 0.861. The molecule has 17 heavy (non-hydrogen) atoms. The topological polar surface area (TPSA) is 85.2 Å². The molecule has 0 aliphatic carbocycles. The number of carbonyl (C=O) groups excluding carboxylic acids is 1. The number of carbonyl (C=O) groups is 1. The van der Waals surface area contributed by atoms with Crippen molar-refractivity contribution in [3.63, 3.8) is 0 Å². The van der Waals surface area contributed by atoms with E-state index in [0.717, 1.165) is 36.0 Å². The van der Waals surface area contributed by atoms with E-state index in [1.165, 1.54) is 0 Å². The molecule has 2 heterocycles. The number of anilines is 2. The molecule has 1 aromatic rings. The number of rotatable bonds is 2. The lowest BCUT2D eigenvalue weighted by Gasteiger charge is -2.36. The highest BCUT2D eigenvalue weighted by Crippen LogP contribution is 2.35. The van der Waals surface area contributed by atoms with E-state index in [1.807, 2.05) is 4.90 Å². The van der Waals surface area contributed by atoms with Gasteiger partial charge in [0, 0.05) is 12.7 Å². The van der Waals surface area contributed by atoms with Gasteiger partial charge < -0.3 is 16.4 Å². The number of hydrogen-bond donors (Lipinski definition) is 2. The Morgan fingerprint density at radius 1 is 1.47 bits per heavy atom. The summed E-state index contributed by atoms with van der Waals surface area (Å²) in [7, 11) is 0. The van der Waals surface area contributed by atoms with Crippen LogP contribution in [0.1, 0.15) is 19.3 Å². The first-order valence-electron chi connectivity index (χ1n) is 5.56. The van der Waals surface area contributed by atoms with Crippen molar-refractivity contribution in [3.8, 4) is 0 Å². The molecule has 92 valence electrons. The van der Waals surface area contributed by atoms with Crippen molar-refractivity contribution in [2.24, 2.45) is 5.73 Å². The monoisotopic (exact) mass is 298 g/mol. The van der Waals surface area contributed by atoms with E-state index >= 15 is 0 Å². The summed E-state index contributed by atoms with van der Waals surface area (Å²) in [5.74, 6) is -0.298. The van der Waals surface area contributed by atoms with Crippen LogP contribution >= 0.6 is 15.9 Å². The van der Waals surface area contributed by atoms with E-state index in [2.05, 4.69) is 20.9 Å². The number of hydrogen-bond acceptors (Lipinski definition) is 4. The van der Waals surface area contributed by atoms with E-state index in [4.69, 9.17) is 11.5 Å². The summed E-state index contributed by atoms with van der Waals surface area (Å²) in [5.41, 5.74) is 12.8. The minimum Gasteiger partial charge on any atom is -0.396 e. The molecule has 4 N–H and O–H groups in total. The number of nitrogens with zero attached hydrogens (tertiary/aromatic N) is 2. The van der Waals surface area contributed by atoms with Crippen molar-refractivity contribution >= 4 is 33.2 Å². The molecule has 1 atom stereocenters. The molecule has 1 fully saturated rings. The van der Waals surface area contributed by atoms with Gasteiger partial charge in [0.25, 0.3) is 0 Å². The fourth-order valence-corrected chi connectivity index (χ4v) is 2.82. The lowest BCUT2D eigenvalue weighted by atomic mass is 10.0.